The van der Waals surface area contributed by atoms with E-state index in [2.05, 4.69) is 4.84 Å². The molecule has 1 heterocycles. The maximum Gasteiger partial charge on any atom is 0.544 e. The Labute approximate surface area is 145 Å². The summed E-state index contributed by atoms with van der Waals surface area (Å²) < 4.78 is 38.5. The largest absolute Gasteiger partial charge is 0.544 e. The first-order valence-electron chi connectivity index (χ1n) is 7.30. The molecule has 0 saturated heterocycles. The second-order valence-corrected chi connectivity index (χ2v) is 7.57. The predicted octanol–water partition coefficient (Wildman–Crippen LogP) is 5.08. The Bertz CT molecular complexity index is 701. The average molecular weight is 373 g/mol. The minimum absolute atomic E-state index is 0.108. The fourth-order valence-electron chi connectivity index (χ4n) is 2.49. The number of allylic oxidation sites excluding steroid dienone is 2. The molecule has 24 heavy (non-hydrogen) atoms. The third-order valence-electron chi connectivity index (χ3n) is 3.41. The summed E-state index contributed by atoms with van der Waals surface area (Å²) in [6, 6.07) is 9.22. The van der Waals surface area contributed by atoms with E-state index in [1.807, 2.05) is 30.3 Å². The molecule has 0 spiro atoms. The van der Waals surface area contributed by atoms with Gasteiger partial charge in [0.05, 0.1) is 5.70 Å². The number of halogens is 3. The van der Waals surface area contributed by atoms with Gasteiger partial charge in [-0.05, 0) is 24.6 Å². The van der Waals surface area contributed by atoms with Gasteiger partial charge in [-0.25, -0.2) is 5.06 Å². The fraction of sp³-hybridized carbons (Fsp3) is 0.312. The van der Waals surface area contributed by atoms with Crippen molar-refractivity contribution in [1.29, 1.82) is 0 Å². The maximum atomic E-state index is 12.8. The van der Waals surface area contributed by atoms with Crippen LogP contribution in [0.3, 0.4) is 0 Å². The van der Waals surface area contributed by atoms with Crippen LogP contribution in [-0.2, 0) is 9.63 Å². The van der Waals surface area contributed by atoms with Gasteiger partial charge in [0.15, 0.2) is 5.78 Å². The number of hydrogen-bond acceptors (Lipinski definition) is 5. The molecule has 0 saturated carbocycles. The summed E-state index contributed by atoms with van der Waals surface area (Å²) in [5, 5.41) is 0.413. The molecule has 0 radical (unpaired) electrons. The Kier molecular flexibility index (Phi) is 4.98. The zero-order valence-corrected chi connectivity index (χ0v) is 14.3. The van der Waals surface area contributed by atoms with Crippen molar-refractivity contribution in [3.8, 4) is 0 Å². The quantitative estimate of drug-likeness (QED) is 0.734. The van der Waals surface area contributed by atoms with Gasteiger partial charge in [0.25, 0.3) is 0 Å². The van der Waals surface area contributed by atoms with Crippen molar-refractivity contribution in [1.82, 2.24) is 5.06 Å². The smallest absolute Gasteiger partial charge is 0.294 e. The van der Waals surface area contributed by atoms with Crippen molar-refractivity contribution >= 4 is 29.3 Å². The molecule has 0 aromatic heterocycles. The van der Waals surface area contributed by atoms with E-state index in [4.69, 9.17) is 0 Å². The molecule has 1 aromatic rings. The van der Waals surface area contributed by atoms with Gasteiger partial charge < -0.3 is 0 Å². The average Bonchev–Trinajstić information content (AvgIpc) is 2.84. The van der Waals surface area contributed by atoms with E-state index < -0.39 is 11.7 Å². The van der Waals surface area contributed by atoms with E-state index in [-0.39, 0.29) is 12.2 Å². The molecule has 0 N–H and O–H groups in total. The first-order chi connectivity index (χ1) is 11.4. The Hall–Kier alpha value is -1.38. The molecule has 1 aliphatic heterocycles. The first kappa shape index (κ1) is 17.4. The lowest BCUT2D eigenvalue weighted by Gasteiger charge is -2.28. The predicted molar refractivity (Wildman–Crippen MR) is 87.7 cm³/mol. The molecule has 1 aromatic carbocycles. The molecule has 0 fully saturated rings. The summed E-state index contributed by atoms with van der Waals surface area (Å²) in [5.74, 6) is -0.108. The number of nitrogens with zero attached hydrogens (tertiary/aromatic N) is 1. The highest BCUT2D eigenvalue weighted by atomic mass is 32.2. The van der Waals surface area contributed by atoms with Crippen molar-refractivity contribution in [2.45, 2.75) is 36.4 Å². The molecule has 0 bridgehead atoms. The topological polar surface area (TPSA) is 29.5 Å². The molecule has 8 heteroatoms. The van der Waals surface area contributed by atoms with Crippen molar-refractivity contribution in [2.24, 2.45) is 0 Å². The number of carbonyl (C=O) groups excluding carboxylic acids is 1. The minimum atomic E-state index is -4.78. The number of rotatable bonds is 4. The number of alkyl halides is 3. The fourth-order valence-corrected chi connectivity index (χ4v) is 4.88. The van der Waals surface area contributed by atoms with Gasteiger partial charge in [-0.15, -0.1) is 24.9 Å². The number of ketones is 1. The highest BCUT2D eigenvalue weighted by molar-refractivity contribution is 8.05. The van der Waals surface area contributed by atoms with Gasteiger partial charge in [-0.1, -0.05) is 36.9 Å². The van der Waals surface area contributed by atoms with Gasteiger partial charge in [-0.3, -0.25) is 4.79 Å². The molecule has 1 unspecified atom stereocenters. The van der Waals surface area contributed by atoms with E-state index in [0.717, 1.165) is 9.96 Å². The highest BCUT2D eigenvalue weighted by Crippen LogP contribution is 2.51. The summed E-state index contributed by atoms with van der Waals surface area (Å²) >= 11 is 2.53. The Morgan fingerprint density at radius 2 is 2.04 bits per heavy atom. The van der Waals surface area contributed by atoms with Crippen LogP contribution in [0.25, 0.3) is 0 Å². The van der Waals surface area contributed by atoms with Crippen LogP contribution in [0.15, 0.2) is 56.8 Å². The van der Waals surface area contributed by atoms with Crippen molar-refractivity contribution in [3.05, 3.63) is 51.9 Å². The normalized spacial score (nSPS) is 21.2. The Morgan fingerprint density at radius 1 is 1.33 bits per heavy atom. The van der Waals surface area contributed by atoms with Gasteiger partial charge in [-0.2, -0.15) is 4.84 Å². The van der Waals surface area contributed by atoms with Crippen LogP contribution < -0.4 is 0 Å². The van der Waals surface area contributed by atoms with E-state index in [1.165, 1.54) is 29.6 Å². The number of hydrogen-bond donors (Lipinski definition) is 0. The zero-order chi connectivity index (χ0) is 17.3. The van der Waals surface area contributed by atoms with Crippen LogP contribution in [0.2, 0.25) is 0 Å². The second kappa shape index (κ2) is 6.85. The molecular formula is C16H14F3NO2S2. The summed E-state index contributed by atoms with van der Waals surface area (Å²) in [6.07, 6.45) is -2.79. The summed E-state index contributed by atoms with van der Waals surface area (Å²) in [5.41, 5.74) is 0.359. The van der Waals surface area contributed by atoms with Gasteiger partial charge in [0.1, 0.15) is 5.37 Å². The number of carbonyl (C=O) groups is 1. The standard InChI is InChI=1S/C16H14F3NO2S2/c1-2-14-20(22-16(17,18)19)15-12(8-10(21)9-13(15)24-14)23-11-6-4-3-5-7-11/h3-8,14H,2,9H2,1H3. The lowest BCUT2D eigenvalue weighted by molar-refractivity contribution is -0.406. The third-order valence-corrected chi connectivity index (χ3v) is 5.86. The SMILES string of the molecule is CCC1SC2=C(C(Sc3ccccc3)=CC(=O)C2)N1OC(F)(F)F. The van der Waals surface area contributed by atoms with Crippen molar-refractivity contribution in [3.63, 3.8) is 0 Å². The number of hydroxylamine groups is 2. The molecule has 2 aliphatic rings. The van der Waals surface area contributed by atoms with E-state index in [1.54, 1.807) is 6.92 Å². The van der Waals surface area contributed by atoms with Crippen LogP contribution in [0.5, 0.6) is 0 Å². The minimum Gasteiger partial charge on any atom is -0.294 e. The molecule has 3 rings (SSSR count). The third kappa shape index (κ3) is 3.81. The molecular weight excluding hydrogens is 359 g/mol. The zero-order valence-electron chi connectivity index (χ0n) is 12.7. The molecule has 1 atom stereocenters. The number of benzene rings is 1. The lowest BCUT2D eigenvalue weighted by atomic mass is 10.1. The van der Waals surface area contributed by atoms with Crippen LogP contribution >= 0.6 is 23.5 Å². The van der Waals surface area contributed by atoms with E-state index in [0.29, 0.717) is 21.9 Å². The second-order valence-electron chi connectivity index (χ2n) is 5.18. The van der Waals surface area contributed by atoms with Crippen molar-refractivity contribution < 1.29 is 22.8 Å². The van der Waals surface area contributed by atoms with Gasteiger partial charge >= 0.3 is 6.36 Å². The van der Waals surface area contributed by atoms with Crippen LogP contribution in [0.1, 0.15) is 19.8 Å². The summed E-state index contributed by atoms with van der Waals surface area (Å²) in [6.45, 7) is 1.79. The van der Waals surface area contributed by atoms with Crippen LogP contribution in [-0.4, -0.2) is 22.6 Å². The number of thioether (sulfide) groups is 2. The molecule has 0 amide bonds. The lowest BCUT2D eigenvalue weighted by Crippen LogP contribution is -2.35. The summed E-state index contributed by atoms with van der Waals surface area (Å²) in [4.78, 5) is 18.2. The first-order valence-corrected chi connectivity index (χ1v) is 8.99. The Balaban J connectivity index is 1.94. The molecule has 1 aliphatic carbocycles. The van der Waals surface area contributed by atoms with E-state index >= 15 is 0 Å². The van der Waals surface area contributed by atoms with Gasteiger partial charge in [0.2, 0.25) is 0 Å². The van der Waals surface area contributed by atoms with Gasteiger partial charge in [0, 0.05) is 21.1 Å². The monoisotopic (exact) mass is 373 g/mol. The highest BCUT2D eigenvalue weighted by Gasteiger charge is 2.44. The summed E-state index contributed by atoms with van der Waals surface area (Å²) in [7, 11) is 0. The van der Waals surface area contributed by atoms with Crippen LogP contribution in [0, 0.1) is 0 Å². The Morgan fingerprint density at radius 3 is 2.67 bits per heavy atom. The van der Waals surface area contributed by atoms with Crippen LogP contribution in [0.4, 0.5) is 13.2 Å². The maximum absolute atomic E-state index is 12.8. The van der Waals surface area contributed by atoms with E-state index in [9.17, 15) is 18.0 Å². The molecule has 3 nitrogen and oxygen atoms in total. The van der Waals surface area contributed by atoms with Crippen molar-refractivity contribution in [2.75, 3.05) is 0 Å². The molecule has 128 valence electrons.